The molecule has 0 radical (unpaired) electrons. The fraction of sp³-hybridized carbons (Fsp3) is 0.462. The lowest BCUT2D eigenvalue weighted by Crippen LogP contribution is -2.38. The van der Waals surface area contributed by atoms with Crippen LogP contribution in [0.3, 0.4) is 0 Å². The van der Waals surface area contributed by atoms with E-state index in [0.29, 0.717) is 5.76 Å². The van der Waals surface area contributed by atoms with E-state index in [-0.39, 0.29) is 23.5 Å². The fourth-order valence-electron chi connectivity index (χ4n) is 1.47. The van der Waals surface area contributed by atoms with Crippen LogP contribution in [0.1, 0.15) is 19.6 Å². The summed E-state index contributed by atoms with van der Waals surface area (Å²) in [4.78, 5) is 13.3. The molecule has 1 rings (SSSR count). The van der Waals surface area contributed by atoms with Crippen molar-refractivity contribution in [2.24, 2.45) is 0 Å². The first kappa shape index (κ1) is 15.5. The van der Waals surface area contributed by atoms with Gasteiger partial charge in [0.05, 0.1) is 12.0 Å². The van der Waals surface area contributed by atoms with E-state index in [1.807, 2.05) is 0 Å². The predicted molar refractivity (Wildman–Crippen MR) is 74.3 cm³/mol. The van der Waals surface area contributed by atoms with E-state index in [9.17, 15) is 13.2 Å². The highest BCUT2D eigenvalue weighted by molar-refractivity contribution is 7.91. The van der Waals surface area contributed by atoms with Crippen LogP contribution in [0.25, 0.3) is 6.08 Å². The Morgan fingerprint density at radius 3 is 2.74 bits per heavy atom. The Balaban J connectivity index is 2.62. The number of hydrogen-bond donors (Lipinski definition) is 0. The third kappa shape index (κ3) is 4.90. The highest BCUT2D eigenvalue weighted by Crippen LogP contribution is 2.06. The standard InChI is InChI=1S/C13H19NO4S/c1-4-19(16,17)10-11(2)14(3)13(15)8-7-12-6-5-9-18-12/h5-9,11H,4,10H2,1-3H3/b8-7+/t11-/m0/s1. The van der Waals surface area contributed by atoms with E-state index in [4.69, 9.17) is 4.42 Å². The van der Waals surface area contributed by atoms with Gasteiger partial charge in [-0.2, -0.15) is 0 Å². The van der Waals surface area contributed by atoms with E-state index in [1.54, 1.807) is 39.1 Å². The Morgan fingerprint density at radius 1 is 1.53 bits per heavy atom. The van der Waals surface area contributed by atoms with Gasteiger partial charge in [0.2, 0.25) is 5.91 Å². The lowest BCUT2D eigenvalue weighted by Gasteiger charge is -2.23. The maximum absolute atomic E-state index is 11.9. The van der Waals surface area contributed by atoms with Crippen LogP contribution in [0.15, 0.2) is 28.9 Å². The summed E-state index contributed by atoms with van der Waals surface area (Å²) in [7, 11) is -1.50. The molecule has 0 aliphatic heterocycles. The van der Waals surface area contributed by atoms with Crippen LogP contribution < -0.4 is 0 Å². The smallest absolute Gasteiger partial charge is 0.246 e. The number of carbonyl (C=O) groups is 1. The Labute approximate surface area is 113 Å². The van der Waals surface area contributed by atoms with Gasteiger partial charge in [0, 0.05) is 24.9 Å². The molecule has 1 amide bonds. The van der Waals surface area contributed by atoms with Gasteiger partial charge in [0.25, 0.3) is 0 Å². The highest BCUT2D eigenvalue weighted by Gasteiger charge is 2.19. The molecular formula is C13H19NO4S. The molecule has 106 valence electrons. The summed E-state index contributed by atoms with van der Waals surface area (Å²) in [5, 5.41) is 0. The second-order valence-corrected chi connectivity index (χ2v) is 6.74. The van der Waals surface area contributed by atoms with Gasteiger partial charge in [0.1, 0.15) is 5.76 Å². The largest absolute Gasteiger partial charge is 0.465 e. The van der Waals surface area contributed by atoms with Gasteiger partial charge in [-0.3, -0.25) is 4.79 Å². The first-order chi connectivity index (χ1) is 8.85. The highest BCUT2D eigenvalue weighted by atomic mass is 32.2. The van der Waals surface area contributed by atoms with Crippen molar-refractivity contribution in [2.75, 3.05) is 18.6 Å². The average molecular weight is 285 g/mol. The maximum Gasteiger partial charge on any atom is 0.246 e. The minimum Gasteiger partial charge on any atom is -0.465 e. The summed E-state index contributed by atoms with van der Waals surface area (Å²) in [6.07, 6.45) is 4.44. The SMILES string of the molecule is CCS(=O)(=O)C[C@H](C)N(C)C(=O)/C=C/c1ccco1. The van der Waals surface area contributed by atoms with Gasteiger partial charge in [-0.1, -0.05) is 6.92 Å². The van der Waals surface area contributed by atoms with Crippen LogP contribution >= 0.6 is 0 Å². The van der Waals surface area contributed by atoms with E-state index < -0.39 is 9.84 Å². The number of sulfone groups is 1. The Kier molecular flexibility index (Phi) is 5.35. The second-order valence-electron chi connectivity index (χ2n) is 4.35. The molecule has 0 N–H and O–H groups in total. The first-order valence-corrected chi connectivity index (χ1v) is 7.86. The quantitative estimate of drug-likeness (QED) is 0.744. The van der Waals surface area contributed by atoms with Crippen molar-refractivity contribution in [1.29, 1.82) is 0 Å². The van der Waals surface area contributed by atoms with Crippen molar-refractivity contribution >= 4 is 21.8 Å². The van der Waals surface area contributed by atoms with Crippen molar-refractivity contribution < 1.29 is 17.6 Å². The lowest BCUT2D eigenvalue weighted by molar-refractivity contribution is -0.126. The fourth-order valence-corrected chi connectivity index (χ4v) is 2.67. The van der Waals surface area contributed by atoms with Crippen molar-refractivity contribution in [3.05, 3.63) is 30.2 Å². The van der Waals surface area contributed by atoms with E-state index in [0.717, 1.165) is 0 Å². The molecule has 19 heavy (non-hydrogen) atoms. The van der Waals surface area contributed by atoms with Crippen molar-refractivity contribution in [1.82, 2.24) is 4.90 Å². The number of amides is 1. The number of hydrogen-bond acceptors (Lipinski definition) is 4. The zero-order valence-corrected chi connectivity index (χ0v) is 12.2. The van der Waals surface area contributed by atoms with Crippen molar-refractivity contribution in [3.8, 4) is 0 Å². The minimum absolute atomic E-state index is 0.0274. The van der Waals surface area contributed by atoms with Crippen LogP contribution in [0.4, 0.5) is 0 Å². The molecule has 0 bridgehead atoms. The maximum atomic E-state index is 11.9. The third-order valence-electron chi connectivity index (χ3n) is 2.88. The van der Waals surface area contributed by atoms with Crippen LogP contribution in [-0.2, 0) is 14.6 Å². The molecule has 0 saturated carbocycles. The Bertz CT molecular complexity index is 531. The zero-order valence-electron chi connectivity index (χ0n) is 11.4. The van der Waals surface area contributed by atoms with Crippen LogP contribution in [0.2, 0.25) is 0 Å². The molecule has 0 saturated heterocycles. The molecule has 1 atom stereocenters. The molecule has 1 heterocycles. The van der Waals surface area contributed by atoms with Crippen molar-refractivity contribution in [2.45, 2.75) is 19.9 Å². The molecule has 0 aliphatic rings. The molecule has 0 unspecified atom stereocenters. The summed E-state index contributed by atoms with van der Waals surface area (Å²) in [5.74, 6) is 0.382. The first-order valence-electron chi connectivity index (χ1n) is 6.04. The Hall–Kier alpha value is -1.56. The molecule has 0 aliphatic carbocycles. The normalized spacial score (nSPS) is 13.6. The van der Waals surface area contributed by atoms with Gasteiger partial charge in [-0.15, -0.1) is 0 Å². The molecule has 5 nitrogen and oxygen atoms in total. The molecule has 1 aromatic rings. The van der Waals surface area contributed by atoms with Gasteiger partial charge in [-0.25, -0.2) is 8.42 Å². The van der Waals surface area contributed by atoms with Crippen LogP contribution in [-0.4, -0.2) is 43.8 Å². The van der Waals surface area contributed by atoms with Crippen LogP contribution in [0, 0.1) is 0 Å². The summed E-state index contributed by atoms with van der Waals surface area (Å²) >= 11 is 0. The van der Waals surface area contributed by atoms with Crippen molar-refractivity contribution in [3.63, 3.8) is 0 Å². The predicted octanol–water partition coefficient (Wildman–Crippen LogP) is 1.57. The zero-order chi connectivity index (χ0) is 14.5. The van der Waals surface area contributed by atoms with Gasteiger partial charge in [0.15, 0.2) is 9.84 Å². The molecule has 0 aromatic carbocycles. The van der Waals surface area contributed by atoms with Gasteiger partial charge < -0.3 is 9.32 Å². The third-order valence-corrected chi connectivity index (χ3v) is 4.75. The topological polar surface area (TPSA) is 67.6 Å². The van der Waals surface area contributed by atoms with E-state index in [2.05, 4.69) is 0 Å². The molecule has 0 fully saturated rings. The van der Waals surface area contributed by atoms with Crippen LogP contribution in [0.5, 0.6) is 0 Å². The number of likely N-dealkylation sites (N-methyl/N-ethyl adjacent to an activating group) is 1. The summed E-state index contributed by atoms with van der Waals surface area (Å²) in [6.45, 7) is 3.31. The van der Waals surface area contributed by atoms with Gasteiger partial charge >= 0.3 is 0 Å². The average Bonchev–Trinajstić information content (AvgIpc) is 2.87. The van der Waals surface area contributed by atoms with Gasteiger partial charge in [-0.05, 0) is 25.1 Å². The number of nitrogens with zero attached hydrogens (tertiary/aromatic N) is 1. The molecule has 6 heteroatoms. The summed E-state index contributed by atoms with van der Waals surface area (Å²) < 4.78 is 28.1. The Morgan fingerprint density at radius 2 is 2.21 bits per heavy atom. The molecule has 0 spiro atoms. The summed E-state index contributed by atoms with van der Waals surface area (Å²) in [6, 6.07) is 3.10. The minimum atomic E-state index is -3.09. The monoisotopic (exact) mass is 285 g/mol. The number of carbonyl (C=O) groups excluding carboxylic acids is 1. The van der Waals surface area contributed by atoms with E-state index >= 15 is 0 Å². The summed E-state index contributed by atoms with van der Waals surface area (Å²) in [5.41, 5.74) is 0. The number of furan rings is 1. The second kappa shape index (κ2) is 6.56. The number of rotatable bonds is 6. The lowest BCUT2D eigenvalue weighted by atomic mass is 10.3. The van der Waals surface area contributed by atoms with E-state index in [1.165, 1.54) is 17.2 Å². The molecule has 1 aromatic heterocycles. The molecular weight excluding hydrogens is 266 g/mol.